The van der Waals surface area contributed by atoms with Crippen LogP contribution in [-0.4, -0.2) is 71.7 Å². The van der Waals surface area contributed by atoms with Crippen LogP contribution in [0.3, 0.4) is 0 Å². The summed E-state index contributed by atoms with van der Waals surface area (Å²) in [4.78, 5) is 10.7. The molecule has 1 unspecified atom stereocenters. The predicted molar refractivity (Wildman–Crippen MR) is 180 cm³/mol. The number of benzene rings is 4. The first kappa shape index (κ1) is 37.0. The van der Waals surface area contributed by atoms with Gasteiger partial charge in [0, 0.05) is 0 Å². The van der Waals surface area contributed by atoms with Gasteiger partial charge >= 0.3 is 7.82 Å². The highest BCUT2D eigenvalue weighted by molar-refractivity contribution is 7.47. The van der Waals surface area contributed by atoms with Crippen molar-refractivity contribution < 1.29 is 52.4 Å². The molecule has 12 heteroatoms. The summed E-state index contributed by atoms with van der Waals surface area (Å²) in [6.45, 7) is -0.216. The molecule has 1 heterocycles. The van der Waals surface area contributed by atoms with Gasteiger partial charge in [0.1, 0.15) is 30.5 Å². The third-order valence-electron chi connectivity index (χ3n) is 7.77. The fourth-order valence-corrected chi connectivity index (χ4v) is 6.04. The van der Waals surface area contributed by atoms with Gasteiger partial charge in [-0.05, 0) is 22.3 Å². The molecule has 1 aliphatic heterocycles. The first-order chi connectivity index (χ1) is 23.9. The first-order valence-corrected chi connectivity index (χ1v) is 17.6. The molecule has 3 N–H and O–H groups in total. The summed E-state index contributed by atoms with van der Waals surface area (Å²) in [5.74, 6) is 0. The van der Waals surface area contributed by atoms with Crippen molar-refractivity contribution in [2.24, 2.45) is 0 Å². The van der Waals surface area contributed by atoms with Gasteiger partial charge in [0.25, 0.3) is 0 Å². The number of hydrogen-bond donors (Lipinski definition) is 3. The smallest absolute Gasteiger partial charge is 0.394 e. The van der Waals surface area contributed by atoms with E-state index < -0.39 is 57.8 Å². The summed E-state index contributed by atoms with van der Waals surface area (Å²) < 4.78 is 54.2. The molecule has 0 spiro atoms. The zero-order valence-corrected chi connectivity index (χ0v) is 27.9. The normalized spacial score (nSPS) is 22.7. The lowest BCUT2D eigenvalue weighted by molar-refractivity contribution is -0.302. The molecule has 0 aromatic heterocycles. The van der Waals surface area contributed by atoms with Crippen LogP contribution in [0, 0.1) is 0 Å². The number of phosphoric ester groups is 1. The van der Waals surface area contributed by atoms with E-state index in [-0.39, 0.29) is 33.0 Å². The predicted octanol–water partition coefficient (Wildman–Crippen LogP) is 5.17. The van der Waals surface area contributed by atoms with Crippen molar-refractivity contribution in [2.45, 2.75) is 63.2 Å². The standard InChI is InChI=1S/C37H43O11P/c38-21-32(43-23-29-15-7-2-8-16-29)26-46-49(40,41)48-37-34(39)36(45-25-31-19-11-4-12-20-31)35(44-24-30-17-9-3-10-18-30)33(47-37)27-42-22-28-13-5-1-6-14-28/h1-20,32-39H,21-27H2,(H,40,41)/t32-,33-,34-,35-,36-,37+/m1/s1. The third kappa shape index (κ3) is 11.9. The second-order valence-electron chi connectivity index (χ2n) is 11.5. The van der Waals surface area contributed by atoms with Crippen LogP contribution < -0.4 is 0 Å². The van der Waals surface area contributed by atoms with Crippen LogP contribution in [0.25, 0.3) is 0 Å². The highest BCUT2D eigenvalue weighted by atomic mass is 31.2. The Morgan fingerprint density at radius 1 is 0.673 bits per heavy atom. The highest BCUT2D eigenvalue weighted by Gasteiger charge is 2.50. The van der Waals surface area contributed by atoms with Crippen LogP contribution in [0.4, 0.5) is 0 Å². The number of ether oxygens (including phenoxy) is 5. The molecule has 7 atom stereocenters. The largest absolute Gasteiger partial charge is 0.474 e. The zero-order valence-electron chi connectivity index (χ0n) is 27.0. The minimum Gasteiger partial charge on any atom is -0.394 e. The van der Waals surface area contributed by atoms with Gasteiger partial charge in [0.05, 0.1) is 46.2 Å². The van der Waals surface area contributed by atoms with E-state index in [1.54, 1.807) is 0 Å². The van der Waals surface area contributed by atoms with Gasteiger partial charge in [-0.15, -0.1) is 0 Å². The molecule has 4 aromatic carbocycles. The lowest BCUT2D eigenvalue weighted by Crippen LogP contribution is -2.60. The Bertz CT molecular complexity index is 1530. The van der Waals surface area contributed by atoms with Crippen molar-refractivity contribution in [3.63, 3.8) is 0 Å². The van der Waals surface area contributed by atoms with Gasteiger partial charge < -0.3 is 38.8 Å². The topological polar surface area (TPSA) is 142 Å². The SMILES string of the molecule is O=P(O)(OC[C@@H](CO)OCc1ccccc1)O[C@@H]1O[C@H](COCc2ccccc2)[C@@H](OCc2ccccc2)[C@H](OCc2ccccc2)[C@H]1O. The van der Waals surface area contributed by atoms with Crippen LogP contribution in [-0.2, 0) is 63.7 Å². The lowest BCUT2D eigenvalue weighted by atomic mass is 9.98. The third-order valence-corrected chi connectivity index (χ3v) is 8.72. The Kier molecular flexibility index (Phi) is 14.5. The molecular weight excluding hydrogens is 651 g/mol. The van der Waals surface area contributed by atoms with Crippen molar-refractivity contribution in [3.05, 3.63) is 144 Å². The fourth-order valence-electron chi connectivity index (χ4n) is 5.19. The Balaban J connectivity index is 1.30. The molecule has 0 aliphatic carbocycles. The molecule has 49 heavy (non-hydrogen) atoms. The molecule has 1 fully saturated rings. The molecule has 1 aliphatic rings. The summed E-state index contributed by atoms with van der Waals surface area (Å²) >= 11 is 0. The number of aliphatic hydroxyl groups excluding tert-OH is 2. The van der Waals surface area contributed by atoms with Crippen LogP contribution >= 0.6 is 7.82 Å². The van der Waals surface area contributed by atoms with Crippen molar-refractivity contribution >= 4 is 7.82 Å². The second-order valence-corrected chi connectivity index (χ2v) is 12.9. The molecule has 0 amide bonds. The summed E-state index contributed by atoms with van der Waals surface area (Å²) in [5, 5.41) is 21.3. The van der Waals surface area contributed by atoms with Gasteiger partial charge in [-0.1, -0.05) is 121 Å². The Hall–Kier alpha value is -3.29. The maximum absolute atomic E-state index is 13.2. The van der Waals surface area contributed by atoms with E-state index in [2.05, 4.69) is 0 Å². The van der Waals surface area contributed by atoms with Crippen molar-refractivity contribution in [1.29, 1.82) is 0 Å². The number of hydrogen-bond acceptors (Lipinski definition) is 10. The maximum Gasteiger partial charge on any atom is 0.474 e. The van der Waals surface area contributed by atoms with Gasteiger partial charge in [0.15, 0.2) is 6.29 Å². The number of aliphatic hydroxyl groups is 2. The Morgan fingerprint density at radius 2 is 1.14 bits per heavy atom. The molecule has 0 saturated carbocycles. The number of phosphoric acid groups is 1. The Labute approximate surface area is 286 Å². The van der Waals surface area contributed by atoms with Crippen molar-refractivity contribution in [1.82, 2.24) is 0 Å². The minimum absolute atomic E-state index is 0.0113. The molecule has 0 bridgehead atoms. The van der Waals surface area contributed by atoms with E-state index in [1.165, 1.54) is 0 Å². The van der Waals surface area contributed by atoms with Crippen LogP contribution in [0.2, 0.25) is 0 Å². The maximum atomic E-state index is 13.2. The fraction of sp³-hybridized carbons (Fsp3) is 0.351. The monoisotopic (exact) mass is 694 g/mol. The van der Waals surface area contributed by atoms with E-state index in [0.717, 1.165) is 22.3 Å². The van der Waals surface area contributed by atoms with E-state index in [0.29, 0.717) is 0 Å². The van der Waals surface area contributed by atoms with Gasteiger partial charge in [-0.25, -0.2) is 4.57 Å². The van der Waals surface area contributed by atoms with Crippen molar-refractivity contribution in [3.8, 4) is 0 Å². The highest BCUT2D eigenvalue weighted by Crippen LogP contribution is 2.47. The van der Waals surface area contributed by atoms with Crippen molar-refractivity contribution in [2.75, 3.05) is 19.8 Å². The van der Waals surface area contributed by atoms with Gasteiger partial charge in [-0.2, -0.15) is 0 Å². The quantitative estimate of drug-likeness (QED) is 0.112. The molecule has 11 nitrogen and oxygen atoms in total. The second kappa shape index (κ2) is 19.2. The molecule has 4 aromatic rings. The minimum atomic E-state index is -4.86. The summed E-state index contributed by atoms with van der Waals surface area (Å²) in [5.41, 5.74) is 3.53. The van der Waals surface area contributed by atoms with Gasteiger partial charge in [0.2, 0.25) is 0 Å². The van der Waals surface area contributed by atoms with Crippen LogP contribution in [0.1, 0.15) is 22.3 Å². The average molecular weight is 695 g/mol. The summed E-state index contributed by atoms with van der Waals surface area (Å²) in [6.07, 6.45) is -6.95. The summed E-state index contributed by atoms with van der Waals surface area (Å²) in [7, 11) is -4.86. The lowest BCUT2D eigenvalue weighted by Gasteiger charge is -2.44. The average Bonchev–Trinajstić information content (AvgIpc) is 3.13. The molecule has 0 radical (unpaired) electrons. The molecule has 1 saturated heterocycles. The first-order valence-electron chi connectivity index (χ1n) is 16.1. The molecule has 5 rings (SSSR count). The van der Waals surface area contributed by atoms with Crippen LogP contribution in [0.5, 0.6) is 0 Å². The zero-order chi connectivity index (χ0) is 34.3. The van der Waals surface area contributed by atoms with E-state index in [4.69, 9.17) is 32.7 Å². The van der Waals surface area contributed by atoms with Crippen LogP contribution in [0.15, 0.2) is 121 Å². The molecular formula is C37H43O11P. The van der Waals surface area contributed by atoms with E-state index in [9.17, 15) is 19.7 Å². The van der Waals surface area contributed by atoms with E-state index >= 15 is 0 Å². The number of rotatable bonds is 19. The van der Waals surface area contributed by atoms with Gasteiger partial charge in [-0.3, -0.25) is 9.05 Å². The van der Waals surface area contributed by atoms with E-state index in [1.807, 2.05) is 121 Å². The Morgan fingerprint density at radius 3 is 1.65 bits per heavy atom. The summed E-state index contributed by atoms with van der Waals surface area (Å²) in [6, 6.07) is 37.7. The molecule has 262 valence electrons.